The minimum Gasteiger partial charge on any atom is -0.379 e. The number of amides is 1. The SMILES string of the molecule is O=CN(c1cc(C2=CCC(NS(=O)(=O)N3CCOCC3)CC2)c2cc[nH]c2n1)C1CC1. The molecule has 1 aliphatic heterocycles. The molecule has 166 valence electrons. The second-order valence-corrected chi connectivity index (χ2v) is 10.0. The monoisotopic (exact) mass is 445 g/mol. The van der Waals surface area contributed by atoms with Gasteiger partial charge in [0.05, 0.1) is 13.2 Å². The minimum absolute atomic E-state index is 0.127. The number of carbonyl (C=O) groups excluding carboxylic acids is 1. The summed E-state index contributed by atoms with van der Waals surface area (Å²) in [6.45, 7) is 1.65. The molecule has 1 saturated heterocycles. The Kier molecular flexibility index (Phi) is 5.55. The molecule has 2 aliphatic carbocycles. The van der Waals surface area contributed by atoms with Crippen molar-refractivity contribution in [2.24, 2.45) is 0 Å². The van der Waals surface area contributed by atoms with E-state index in [2.05, 4.69) is 20.8 Å². The third kappa shape index (κ3) is 4.25. The number of nitrogens with zero attached hydrogens (tertiary/aromatic N) is 3. The van der Waals surface area contributed by atoms with Crippen molar-refractivity contribution < 1.29 is 17.9 Å². The molecule has 0 bridgehead atoms. The molecule has 2 aromatic rings. The van der Waals surface area contributed by atoms with Crippen molar-refractivity contribution in [2.75, 3.05) is 31.2 Å². The Morgan fingerprint density at radius 1 is 1.26 bits per heavy atom. The van der Waals surface area contributed by atoms with Crippen LogP contribution in [0.3, 0.4) is 0 Å². The Morgan fingerprint density at radius 2 is 2.06 bits per heavy atom. The molecule has 2 aromatic heterocycles. The van der Waals surface area contributed by atoms with Crippen LogP contribution in [0.25, 0.3) is 16.6 Å². The number of aromatic nitrogens is 2. The topological polar surface area (TPSA) is 108 Å². The smallest absolute Gasteiger partial charge is 0.279 e. The lowest BCUT2D eigenvalue weighted by Gasteiger charge is -2.30. The number of H-pyrrole nitrogens is 1. The highest BCUT2D eigenvalue weighted by atomic mass is 32.2. The van der Waals surface area contributed by atoms with Crippen LogP contribution in [0.2, 0.25) is 0 Å². The number of morpholine rings is 1. The van der Waals surface area contributed by atoms with Crippen molar-refractivity contribution in [3.05, 3.63) is 30.0 Å². The Bertz CT molecular complexity index is 1100. The van der Waals surface area contributed by atoms with Crippen molar-refractivity contribution >= 4 is 39.0 Å². The van der Waals surface area contributed by atoms with E-state index < -0.39 is 10.2 Å². The lowest BCUT2D eigenvalue weighted by molar-refractivity contribution is -0.107. The average molecular weight is 446 g/mol. The predicted molar refractivity (Wildman–Crippen MR) is 118 cm³/mol. The highest BCUT2D eigenvalue weighted by molar-refractivity contribution is 7.87. The van der Waals surface area contributed by atoms with Crippen molar-refractivity contribution in [1.82, 2.24) is 19.0 Å². The predicted octanol–water partition coefficient (Wildman–Crippen LogP) is 1.79. The number of hydrogen-bond acceptors (Lipinski definition) is 5. The van der Waals surface area contributed by atoms with Gasteiger partial charge in [0.15, 0.2) is 0 Å². The van der Waals surface area contributed by atoms with Gasteiger partial charge < -0.3 is 9.72 Å². The number of pyridine rings is 1. The number of allylic oxidation sites excluding steroid dienone is 1. The van der Waals surface area contributed by atoms with Gasteiger partial charge in [0.2, 0.25) is 6.41 Å². The quantitative estimate of drug-likeness (QED) is 0.632. The van der Waals surface area contributed by atoms with Gasteiger partial charge >= 0.3 is 0 Å². The number of hydrogen-bond donors (Lipinski definition) is 2. The van der Waals surface area contributed by atoms with Gasteiger partial charge in [0.1, 0.15) is 11.5 Å². The van der Waals surface area contributed by atoms with Crippen LogP contribution in [0.5, 0.6) is 0 Å². The molecule has 1 saturated carbocycles. The van der Waals surface area contributed by atoms with Gasteiger partial charge in [-0.25, -0.2) is 4.98 Å². The highest BCUT2D eigenvalue weighted by Gasteiger charge is 2.31. The first-order chi connectivity index (χ1) is 15.0. The molecule has 5 rings (SSSR count). The normalized spacial score (nSPS) is 23.0. The molecule has 0 radical (unpaired) electrons. The fraction of sp³-hybridized carbons (Fsp3) is 0.524. The molecule has 1 atom stereocenters. The molecule has 3 heterocycles. The maximum atomic E-state index is 12.7. The number of nitrogens with one attached hydrogen (secondary N) is 2. The lowest BCUT2D eigenvalue weighted by atomic mass is 9.90. The molecule has 0 spiro atoms. The maximum absolute atomic E-state index is 12.7. The molecule has 1 unspecified atom stereocenters. The standard InChI is InChI=1S/C21H27N5O4S/c27-14-26(17-5-6-17)20-13-19(18-7-8-22-21(18)23-20)15-1-3-16(4-2-15)24-31(28,29)25-9-11-30-12-10-25/h1,7-8,13-14,16-17,24H,2-6,9-12H2,(H,22,23). The number of aromatic amines is 1. The molecule has 2 fully saturated rings. The van der Waals surface area contributed by atoms with Crippen LogP contribution in [0, 0.1) is 0 Å². The molecular weight excluding hydrogens is 418 g/mol. The third-order valence-corrected chi connectivity index (χ3v) is 7.89. The third-order valence-electron chi connectivity index (χ3n) is 6.22. The Morgan fingerprint density at radius 3 is 2.74 bits per heavy atom. The van der Waals surface area contributed by atoms with E-state index in [0.29, 0.717) is 38.5 Å². The van der Waals surface area contributed by atoms with Gasteiger partial charge in [-0.15, -0.1) is 0 Å². The van der Waals surface area contributed by atoms with Crippen molar-refractivity contribution in [3.8, 4) is 0 Å². The van der Waals surface area contributed by atoms with Gasteiger partial charge in [0, 0.05) is 36.8 Å². The zero-order valence-electron chi connectivity index (χ0n) is 17.3. The van der Waals surface area contributed by atoms with E-state index in [0.717, 1.165) is 54.3 Å². The molecular formula is C21H27N5O4S. The zero-order valence-corrected chi connectivity index (χ0v) is 18.1. The number of carbonyl (C=O) groups is 1. The Hall–Kier alpha value is -2.27. The van der Waals surface area contributed by atoms with E-state index in [1.54, 1.807) is 4.90 Å². The van der Waals surface area contributed by atoms with Crippen LogP contribution in [-0.4, -0.2) is 67.5 Å². The van der Waals surface area contributed by atoms with Gasteiger partial charge in [-0.2, -0.15) is 17.4 Å². The van der Waals surface area contributed by atoms with E-state index in [9.17, 15) is 13.2 Å². The van der Waals surface area contributed by atoms with Crippen molar-refractivity contribution in [3.63, 3.8) is 0 Å². The van der Waals surface area contributed by atoms with Gasteiger partial charge in [-0.3, -0.25) is 9.69 Å². The first-order valence-electron chi connectivity index (χ1n) is 10.8. The minimum atomic E-state index is -3.50. The molecule has 9 nitrogen and oxygen atoms in total. The summed E-state index contributed by atoms with van der Waals surface area (Å²) in [7, 11) is -3.50. The van der Waals surface area contributed by atoms with Crippen molar-refractivity contribution in [1.29, 1.82) is 0 Å². The zero-order chi connectivity index (χ0) is 21.4. The van der Waals surface area contributed by atoms with Gasteiger partial charge in [-0.1, -0.05) is 6.08 Å². The molecule has 31 heavy (non-hydrogen) atoms. The highest BCUT2D eigenvalue weighted by Crippen LogP contribution is 2.36. The summed E-state index contributed by atoms with van der Waals surface area (Å²) < 4.78 is 34.9. The van der Waals surface area contributed by atoms with Crippen LogP contribution in [0.15, 0.2) is 24.4 Å². The van der Waals surface area contributed by atoms with E-state index >= 15 is 0 Å². The summed E-state index contributed by atoms with van der Waals surface area (Å²) in [6.07, 6.45) is 8.95. The summed E-state index contributed by atoms with van der Waals surface area (Å²) in [5.41, 5.74) is 2.98. The Balaban J connectivity index is 1.36. The number of fused-ring (bicyclic) bond motifs is 1. The maximum Gasteiger partial charge on any atom is 0.279 e. The van der Waals surface area contributed by atoms with Crippen LogP contribution in [0.4, 0.5) is 5.82 Å². The number of ether oxygens (including phenoxy) is 1. The van der Waals surface area contributed by atoms with Crippen LogP contribution < -0.4 is 9.62 Å². The average Bonchev–Trinajstić information content (AvgIpc) is 3.50. The Labute approximate surface area is 181 Å². The summed E-state index contributed by atoms with van der Waals surface area (Å²) in [6, 6.07) is 4.10. The van der Waals surface area contributed by atoms with E-state index in [1.807, 2.05) is 18.3 Å². The molecule has 2 N–H and O–H groups in total. The lowest BCUT2D eigenvalue weighted by Crippen LogP contribution is -2.49. The molecule has 0 aromatic carbocycles. The van der Waals surface area contributed by atoms with E-state index in [-0.39, 0.29) is 12.1 Å². The van der Waals surface area contributed by atoms with Gasteiger partial charge in [-0.05, 0) is 55.4 Å². The van der Waals surface area contributed by atoms with E-state index in [4.69, 9.17) is 4.74 Å². The molecule has 3 aliphatic rings. The summed E-state index contributed by atoms with van der Waals surface area (Å²) in [5.74, 6) is 0.665. The summed E-state index contributed by atoms with van der Waals surface area (Å²) in [4.78, 5) is 21.2. The summed E-state index contributed by atoms with van der Waals surface area (Å²) >= 11 is 0. The second kappa shape index (κ2) is 8.34. The van der Waals surface area contributed by atoms with Crippen LogP contribution in [-0.2, 0) is 19.7 Å². The van der Waals surface area contributed by atoms with E-state index in [1.165, 1.54) is 4.31 Å². The first-order valence-corrected chi connectivity index (χ1v) is 12.3. The number of anilines is 1. The fourth-order valence-corrected chi connectivity index (χ4v) is 5.77. The second-order valence-electron chi connectivity index (χ2n) is 8.35. The molecule has 1 amide bonds. The summed E-state index contributed by atoms with van der Waals surface area (Å²) in [5, 5.41) is 1.02. The van der Waals surface area contributed by atoms with Crippen molar-refractivity contribution in [2.45, 2.75) is 44.2 Å². The fourth-order valence-electron chi connectivity index (χ4n) is 4.36. The largest absolute Gasteiger partial charge is 0.379 e. The van der Waals surface area contributed by atoms with Crippen LogP contribution >= 0.6 is 0 Å². The number of rotatable bonds is 7. The van der Waals surface area contributed by atoms with Crippen LogP contribution in [0.1, 0.15) is 37.7 Å². The van der Waals surface area contributed by atoms with Gasteiger partial charge in [0.25, 0.3) is 10.2 Å². The molecule has 10 heteroatoms. The first kappa shape index (κ1) is 20.6.